The van der Waals surface area contributed by atoms with E-state index in [4.69, 9.17) is 14.2 Å². The fourth-order valence-corrected chi connectivity index (χ4v) is 4.09. The summed E-state index contributed by atoms with van der Waals surface area (Å²) in [5.74, 6) is -1.84. The molecule has 3 rings (SSSR count). The third-order valence-electron chi connectivity index (χ3n) is 6.17. The Morgan fingerprint density at radius 3 is 2.02 bits per heavy atom. The lowest BCUT2D eigenvalue weighted by molar-refractivity contribution is -0.153. The van der Waals surface area contributed by atoms with Crippen LogP contribution in [0.3, 0.4) is 0 Å². The van der Waals surface area contributed by atoms with Crippen molar-refractivity contribution in [2.75, 3.05) is 41.9 Å². The first-order chi connectivity index (χ1) is 22.0. The van der Waals surface area contributed by atoms with E-state index in [9.17, 15) is 24.0 Å². The lowest BCUT2D eigenvalue weighted by atomic mass is 10.1. The largest absolute Gasteiger partial charge is 0.484 e. The Labute approximate surface area is 275 Å². The number of likely N-dealkylation sites (N-methyl/N-ethyl adjacent to an activating group) is 1. The van der Waals surface area contributed by atoms with E-state index in [1.54, 1.807) is 97.1 Å². The summed E-state index contributed by atoms with van der Waals surface area (Å²) in [5, 5.41) is 5.07. The summed E-state index contributed by atoms with van der Waals surface area (Å²) in [7, 11) is 1.64. The van der Waals surface area contributed by atoms with Crippen molar-refractivity contribution < 1.29 is 38.2 Å². The fraction of sp³-hybridized carbons (Fsp3) is 0.343. The van der Waals surface area contributed by atoms with Gasteiger partial charge in [-0.3, -0.25) is 19.3 Å². The number of hydrogen-bond acceptors (Lipinski definition) is 8. The highest BCUT2D eigenvalue weighted by Crippen LogP contribution is 2.23. The molecule has 3 aromatic carbocycles. The van der Waals surface area contributed by atoms with Gasteiger partial charge in [-0.2, -0.15) is 0 Å². The Balaban J connectivity index is 1.70. The Morgan fingerprint density at radius 2 is 1.36 bits per heavy atom. The molecule has 2 N–H and O–H groups in total. The number of anilines is 3. The molecule has 0 atom stereocenters. The minimum Gasteiger partial charge on any atom is -0.484 e. The standard InChI is InChI=1S/C35H42N4O8/c1-34(2,3)46-31(42)22-39(27-17-12-18-28(20-27)45-23-30(41)38(7)26-15-9-8-10-16-26)29(40)21-36-33(44)37-25-14-11-13-24(19-25)32(43)47-35(4,5)6/h8-20H,21-23H2,1-7H3,(H2,36,37,44). The van der Waals surface area contributed by atoms with Crippen LogP contribution in [0.4, 0.5) is 21.9 Å². The third-order valence-corrected chi connectivity index (χ3v) is 6.17. The van der Waals surface area contributed by atoms with Crippen molar-refractivity contribution in [3.63, 3.8) is 0 Å². The van der Waals surface area contributed by atoms with E-state index < -0.39 is 48.2 Å². The molecule has 0 saturated carbocycles. The zero-order valence-electron chi connectivity index (χ0n) is 27.8. The van der Waals surface area contributed by atoms with Crippen molar-refractivity contribution in [3.8, 4) is 5.75 Å². The second-order valence-corrected chi connectivity index (χ2v) is 12.5. The van der Waals surface area contributed by atoms with Gasteiger partial charge in [0.15, 0.2) is 6.61 Å². The molecule has 0 saturated heterocycles. The van der Waals surface area contributed by atoms with Crippen molar-refractivity contribution in [2.45, 2.75) is 52.7 Å². The van der Waals surface area contributed by atoms with Crippen LogP contribution >= 0.6 is 0 Å². The van der Waals surface area contributed by atoms with Crippen LogP contribution in [0, 0.1) is 0 Å². The molecule has 12 heteroatoms. The molecule has 250 valence electrons. The van der Waals surface area contributed by atoms with Crippen molar-refractivity contribution in [3.05, 3.63) is 84.4 Å². The summed E-state index contributed by atoms with van der Waals surface area (Å²) < 4.78 is 16.5. The number of urea groups is 1. The molecular weight excluding hydrogens is 604 g/mol. The molecule has 0 heterocycles. The minimum atomic E-state index is -0.798. The van der Waals surface area contributed by atoms with Crippen LogP contribution in [0.5, 0.6) is 5.75 Å². The number of amides is 4. The molecule has 0 aliphatic heterocycles. The van der Waals surface area contributed by atoms with Crippen molar-refractivity contribution >= 4 is 46.8 Å². The third kappa shape index (κ3) is 12.1. The molecule has 0 aliphatic carbocycles. The van der Waals surface area contributed by atoms with Crippen molar-refractivity contribution in [2.24, 2.45) is 0 Å². The Kier molecular flexibility index (Phi) is 12.1. The van der Waals surface area contributed by atoms with Gasteiger partial charge in [0.2, 0.25) is 5.91 Å². The first kappa shape index (κ1) is 36.1. The molecule has 4 amide bonds. The molecule has 3 aromatic rings. The molecule has 0 aromatic heterocycles. The summed E-state index contributed by atoms with van der Waals surface area (Å²) in [6.07, 6.45) is 0. The Hall–Kier alpha value is -5.39. The average Bonchev–Trinajstić information content (AvgIpc) is 3.00. The number of benzene rings is 3. The zero-order valence-corrected chi connectivity index (χ0v) is 27.8. The summed E-state index contributed by atoms with van der Waals surface area (Å²) in [6, 6.07) is 20.9. The number of hydrogen-bond donors (Lipinski definition) is 2. The van der Waals surface area contributed by atoms with Gasteiger partial charge in [0.05, 0.1) is 12.1 Å². The van der Waals surface area contributed by atoms with Gasteiger partial charge in [0, 0.05) is 30.2 Å². The average molecular weight is 647 g/mol. The molecule has 0 bridgehead atoms. The van der Waals surface area contributed by atoms with Crippen molar-refractivity contribution in [1.29, 1.82) is 0 Å². The Bertz CT molecular complexity index is 1580. The van der Waals surface area contributed by atoms with Gasteiger partial charge in [-0.1, -0.05) is 30.3 Å². The van der Waals surface area contributed by atoms with Crippen LogP contribution in [0.2, 0.25) is 0 Å². The van der Waals surface area contributed by atoms with Gasteiger partial charge in [0.25, 0.3) is 5.91 Å². The molecule has 0 unspecified atom stereocenters. The van der Waals surface area contributed by atoms with Crippen LogP contribution < -0.4 is 25.2 Å². The summed E-state index contributed by atoms with van der Waals surface area (Å²) in [5.41, 5.74) is 0.0549. The van der Waals surface area contributed by atoms with E-state index in [1.807, 2.05) is 18.2 Å². The lowest BCUT2D eigenvalue weighted by Crippen LogP contribution is -2.45. The first-order valence-corrected chi connectivity index (χ1v) is 15.0. The van der Waals surface area contributed by atoms with E-state index >= 15 is 0 Å². The molecule has 0 aliphatic rings. The van der Waals surface area contributed by atoms with Gasteiger partial charge < -0.3 is 29.7 Å². The van der Waals surface area contributed by atoms with Crippen LogP contribution in [-0.4, -0.2) is 67.7 Å². The van der Waals surface area contributed by atoms with Gasteiger partial charge >= 0.3 is 18.0 Å². The minimum absolute atomic E-state index is 0.243. The predicted molar refractivity (Wildman–Crippen MR) is 179 cm³/mol. The molecule has 0 fully saturated rings. The molecule has 47 heavy (non-hydrogen) atoms. The zero-order chi connectivity index (χ0) is 34.8. The van der Waals surface area contributed by atoms with Gasteiger partial charge in [-0.05, 0) is 84.0 Å². The number of para-hydroxylation sites is 1. The van der Waals surface area contributed by atoms with E-state index in [-0.39, 0.29) is 29.5 Å². The van der Waals surface area contributed by atoms with E-state index in [1.165, 1.54) is 17.0 Å². The summed E-state index contributed by atoms with van der Waals surface area (Å²) in [6.45, 7) is 9.17. The maximum Gasteiger partial charge on any atom is 0.338 e. The molecule has 12 nitrogen and oxygen atoms in total. The topological polar surface area (TPSA) is 144 Å². The maximum atomic E-state index is 13.4. The maximum absolute atomic E-state index is 13.4. The highest BCUT2D eigenvalue weighted by atomic mass is 16.6. The Morgan fingerprint density at radius 1 is 0.723 bits per heavy atom. The van der Waals surface area contributed by atoms with Gasteiger partial charge in [-0.25, -0.2) is 9.59 Å². The molecule has 0 radical (unpaired) electrons. The smallest absolute Gasteiger partial charge is 0.338 e. The summed E-state index contributed by atoms with van der Waals surface area (Å²) in [4.78, 5) is 66.6. The van der Waals surface area contributed by atoms with Crippen LogP contribution in [0.25, 0.3) is 0 Å². The van der Waals surface area contributed by atoms with E-state index in [0.717, 1.165) is 4.90 Å². The fourth-order valence-electron chi connectivity index (χ4n) is 4.09. The summed E-state index contributed by atoms with van der Waals surface area (Å²) >= 11 is 0. The number of carbonyl (C=O) groups excluding carboxylic acids is 5. The molecule has 0 spiro atoms. The SMILES string of the molecule is CN(C(=O)COc1cccc(N(CC(=O)OC(C)(C)C)C(=O)CNC(=O)Nc2cccc(C(=O)OC(C)(C)C)c2)c1)c1ccccc1. The number of nitrogens with zero attached hydrogens (tertiary/aromatic N) is 2. The second kappa shape index (κ2) is 15.7. The normalized spacial score (nSPS) is 11.1. The quantitative estimate of drug-likeness (QED) is 0.271. The lowest BCUT2D eigenvalue weighted by Gasteiger charge is -2.26. The predicted octanol–water partition coefficient (Wildman–Crippen LogP) is 5.18. The van der Waals surface area contributed by atoms with Gasteiger partial charge in [0.1, 0.15) is 23.5 Å². The van der Waals surface area contributed by atoms with Crippen molar-refractivity contribution in [1.82, 2.24) is 5.32 Å². The number of ether oxygens (including phenoxy) is 3. The van der Waals surface area contributed by atoms with E-state index in [0.29, 0.717) is 11.4 Å². The van der Waals surface area contributed by atoms with Crippen LogP contribution in [-0.2, 0) is 23.9 Å². The molecular formula is C35H42N4O8. The highest BCUT2D eigenvalue weighted by Gasteiger charge is 2.25. The number of carbonyl (C=O) groups is 5. The monoisotopic (exact) mass is 646 g/mol. The number of esters is 2. The highest BCUT2D eigenvalue weighted by molar-refractivity contribution is 6.01. The second-order valence-electron chi connectivity index (χ2n) is 12.5. The first-order valence-electron chi connectivity index (χ1n) is 15.0. The van der Waals surface area contributed by atoms with E-state index in [2.05, 4.69) is 10.6 Å². The van der Waals surface area contributed by atoms with Gasteiger partial charge in [-0.15, -0.1) is 0 Å². The van der Waals surface area contributed by atoms with Crippen LogP contribution in [0.1, 0.15) is 51.9 Å². The van der Waals surface area contributed by atoms with Crippen LogP contribution in [0.15, 0.2) is 78.9 Å². The number of nitrogens with one attached hydrogen (secondary N) is 2. The number of rotatable bonds is 11.